The van der Waals surface area contributed by atoms with E-state index in [1.54, 1.807) is 11.3 Å². The molecule has 1 N–H and O–H groups in total. The van der Waals surface area contributed by atoms with Gasteiger partial charge in [0, 0.05) is 36.5 Å². The average molecular weight is 269 g/mol. The highest BCUT2D eigenvalue weighted by Gasteiger charge is 2.11. The standard InChI is InChI=1S/C10H15N5S2/c1-7-9(16-6-12-7)5-15(3)4-8-10(11-2)17-14-13-8/h6,11H,4-5H2,1-3H3. The number of rotatable bonds is 5. The van der Waals surface area contributed by atoms with Crippen LogP contribution in [-0.2, 0) is 13.1 Å². The topological polar surface area (TPSA) is 53.9 Å². The fourth-order valence-electron chi connectivity index (χ4n) is 1.54. The highest BCUT2D eigenvalue weighted by molar-refractivity contribution is 7.10. The van der Waals surface area contributed by atoms with Crippen LogP contribution in [0.2, 0.25) is 0 Å². The summed E-state index contributed by atoms with van der Waals surface area (Å²) in [4.78, 5) is 7.78. The lowest BCUT2D eigenvalue weighted by molar-refractivity contribution is 0.317. The second-order valence-electron chi connectivity index (χ2n) is 3.83. The van der Waals surface area contributed by atoms with Gasteiger partial charge in [0.05, 0.1) is 11.2 Å². The minimum Gasteiger partial charge on any atom is -0.377 e. The molecule has 0 aliphatic rings. The van der Waals surface area contributed by atoms with E-state index in [-0.39, 0.29) is 0 Å². The first-order valence-corrected chi connectivity index (χ1v) is 6.92. The maximum Gasteiger partial charge on any atom is 0.134 e. The summed E-state index contributed by atoms with van der Waals surface area (Å²) in [5.41, 5.74) is 4.01. The maximum absolute atomic E-state index is 4.25. The third-order valence-corrected chi connectivity index (χ3v) is 4.17. The highest BCUT2D eigenvalue weighted by atomic mass is 32.1. The monoisotopic (exact) mass is 269 g/mol. The molecule has 0 aliphatic heterocycles. The molecule has 0 spiro atoms. The minimum absolute atomic E-state index is 0.796. The van der Waals surface area contributed by atoms with Crippen molar-refractivity contribution in [2.24, 2.45) is 0 Å². The Labute approximate surface area is 109 Å². The van der Waals surface area contributed by atoms with Gasteiger partial charge in [-0.15, -0.1) is 16.4 Å². The number of nitrogens with zero attached hydrogens (tertiary/aromatic N) is 4. The Hall–Kier alpha value is -1.05. The van der Waals surface area contributed by atoms with Gasteiger partial charge in [0.1, 0.15) is 10.7 Å². The normalized spacial score (nSPS) is 11.1. The van der Waals surface area contributed by atoms with Gasteiger partial charge in [-0.05, 0) is 14.0 Å². The van der Waals surface area contributed by atoms with Crippen LogP contribution in [0, 0.1) is 6.92 Å². The van der Waals surface area contributed by atoms with Crippen molar-refractivity contribution in [2.75, 3.05) is 19.4 Å². The summed E-state index contributed by atoms with van der Waals surface area (Å²) in [6.45, 7) is 3.74. The molecule has 92 valence electrons. The summed E-state index contributed by atoms with van der Waals surface area (Å²) in [6.07, 6.45) is 0. The summed E-state index contributed by atoms with van der Waals surface area (Å²) in [5, 5.41) is 8.28. The van der Waals surface area contributed by atoms with E-state index in [0.29, 0.717) is 0 Å². The molecule has 0 atom stereocenters. The van der Waals surface area contributed by atoms with Gasteiger partial charge in [0.25, 0.3) is 0 Å². The molecule has 0 unspecified atom stereocenters. The van der Waals surface area contributed by atoms with Crippen LogP contribution in [0.25, 0.3) is 0 Å². The van der Waals surface area contributed by atoms with Crippen LogP contribution in [0.15, 0.2) is 5.51 Å². The van der Waals surface area contributed by atoms with Crippen LogP contribution in [0.3, 0.4) is 0 Å². The zero-order valence-electron chi connectivity index (χ0n) is 10.1. The van der Waals surface area contributed by atoms with Gasteiger partial charge in [-0.25, -0.2) is 4.98 Å². The SMILES string of the molecule is CNc1snnc1CN(C)Cc1scnc1C. The van der Waals surface area contributed by atoms with Crippen molar-refractivity contribution in [1.82, 2.24) is 19.5 Å². The molecule has 0 bridgehead atoms. The lowest BCUT2D eigenvalue weighted by Gasteiger charge is -2.14. The van der Waals surface area contributed by atoms with E-state index < -0.39 is 0 Å². The van der Waals surface area contributed by atoms with Crippen LogP contribution in [0.1, 0.15) is 16.3 Å². The molecule has 0 aliphatic carbocycles. The predicted molar refractivity (Wildman–Crippen MR) is 71.5 cm³/mol. The van der Waals surface area contributed by atoms with Gasteiger partial charge in [-0.2, -0.15) is 0 Å². The van der Waals surface area contributed by atoms with Crippen LogP contribution in [0.4, 0.5) is 5.00 Å². The van der Waals surface area contributed by atoms with Crippen molar-refractivity contribution in [3.63, 3.8) is 0 Å². The summed E-state index contributed by atoms with van der Waals surface area (Å²) in [7, 11) is 3.98. The Morgan fingerprint density at radius 1 is 1.41 bits per heavy atom. The average Bonchev–Trinajstić information content (AvgIpc) is 2.89. The quantitative estimate of drug-likeness (QED) is 0.899. The summed E-state index contributed by atoms with van der Waals surface area (Å²) in [6, 6.07) is 0. The van der Waals surface area contributed by atoms with Crippen molar-refractivity contribution in [2.45, 2.75) is 20.0 Å². The molecule has 7 heteroatoms. The minimum atomic E-state index is 0.796. The first kappa shape index (κ1) is 12.4. The zero-order valence-corrected chi connectivity index (χ0v) is 11.7. The number of hydrogen-bond acceptors (Lipinski definition) is 7. The van der Waals surface area contributed by atoms with Crippen molar-refractivity contribution >= 4 is 27.9 Å². The van der Waals surface area contributed by atoms with E-state index in [9.17, 15) is 0 Å². The lowest BCUT2D eigenvalue weighted by atomic mass is 10.3. The zero-order chi connectivity index (χ0) is 12.3. The van der Waals surface area contributed by atoms with Crippen LogP contribution in [0.5, 0.6) is 0 Å². The Bertz CT molecular complexity index is 479. The van der Waals surface area contributed by atoms with Gasteiger partial charge in [-0.1, -0.05) is 4.49 Å². The molecular weight excluding hydrogens is 254 g/mol. The molecule has 0 fully saturated rings. The van der Waals surface area contributed by atoms with E-state index in [0.717, 1.165) is 29.5 Å². The summed E-state index contributed by atoms with van der Waals surface area (Å²) in [5.74, 6) is 0. The second-order valence-corrected chi connectivity index (χ2v) is 5.53. The molecule has 2 aromatic rings. The Morgan fingerprint density at radius 2 is 2.24 bits per heavy atom. The number of aryl methyl sites for hydroxylation is 1. The largest absolute Gasteiger partial charge is 0.377 e. The first-order chi connectivity index (χ1) is 8.20. The third kappa shape index (κ3) is 2.99. The van der Waals surface area contributed by atoms with Crippen LogP contribution >= 0.6 is 22.9 Å². The van der Waals surface area contributed by atoms with E-state index in [4.69, 9.17) is 0 Å². The molecule has 0 saturated carbocycles. The predicted octanol–water partition coefficient (Wildman–Crippen LogP) is 1.98. The molecule has 0 amide bonds. The smallest absolute Gasteiger partial charge is 0.134 e. The highest BCUT2D eigenvalue weighted by Crippen LogP contribution is 2.20. The van der Waals surface area contributed by atoms with E-state index in [1.807, 2.05) is 19.5 Å². The van der Waals surface area contributed by atoms with Gasteiger partial charge < -0.3 is 5.32 Å². The van der Waals surface area contributed by atoms with E-state index in [2.05, 4.69) is 31.8 Å². The van der Waals surface area contributed by atoms with Gasteiger partial charge in [0.2, 0.25) is 0 Å². The summed E-state index contributed by atoms with van der Waals surface area (Å²) < 4.78 is 3.95. The fraction of sp³-hybridized carbons (Fsp3) is 0.500. The molecular formula is C10H15N5S2. The Morgan fingerprint density at radius 3 is 2.88 bits per heavy atom. The molecule has 17 heavy (non-hydrogen) atoms. The number of aromatic nitrogens is 3. The summed E-state index contributed by atoms with van der Waals surface area (Å²) >= 11 is 3.09. The maximum atomic E-state index is 4.25. The van der Waals surface area contributed by atoms with Gasteiger partial charge in [-0.3, -0.25) is 4.90 Å². The van der Waals surface area contributed by atoms with E-state index >= 15 is 0 Å². The van der Waals surface area contributed by atoms with Crippen molar-refractivity contribution in [3.8, 4) is 0 Å². The third-order valence-electron chi connectivity index (χ3n) is 2.46. The van der Waals surface area contributed by atoms with E-state index in [1.165, 1.54) is 16.4 Å². The molecule has 2 rings (SSSR count). The Kier molecular flexibility index (Phi) is 4.03. The second kappa shape index (κ2) is 5.52. The molecule has 0 aromatic carbocycles. The lowest BCUT2D eigenvalue weighted by Crippen LogP contribution is -2.18. The number of hydrogen-bond donors (Lipinski definition) is 1. The van der Waals surface area contributed by atoms with Crippen LogP contribution in [-0.4, -0.2) is 33.6 Å². The molecule has 2 aromatic heterocycles. The van der Waals surface area contributed by atoms with Crippen molar-refractivity contribution < 1.29 is 0 Å². The molecule has 5 nitrogen and oxygen atoms in total. The number of thiazole rings is 1. The molecule has 0 radical (unpaired) electrons. The fourth-order valence-corrected chi connectivity index (χ4v) is 2.92. The van der Waals surface area contributed by atoms with Gasteiger partial charge in [0.15, 0.2) is 0 Å². The Balaban J connectivity index is 1.98. The number of nitrogens with one attached hydrogen (secondary N) is 1. The first-order valence-electron chi connectivity index (χ1n) is 5.27. The molecule has 0 saturated heterocycles. The van der Waals surface area contributed by atoms with Crippen molar-refractivity contribution in [3.05, 3.63) is 21.8 Å². The number of anilines is 1. The van der Waals surface area contributed by atoms with Gasteiger partial charge >= 0.3 is 0 Å². The molecule has 2 heterocycles. The van der Waals surface area contributed by atoms with Crippen LogP contribution < -0.4 is 5.32 Å². The van der Waals surface area contributed by atoms with Crippen molar-refractivity contribution in [1.29, 1.82) is 0 Å².